The molecule has 1 fully saturated rings. The molecule has 7 nitrogen and oxygen atoms in total. The zero-order chi connectivity index (χ0) is 15.5. The van der Waals surface area contributed by atoms with E-state index in [1.165, 1.54) is 7.05 Å². The summed E-state index contributed by atoms with van der Waals surface area (Å²) in [5.74, 6) is 0.678. The van der Waals surface area contributed by atoms with Gasteiger partial charge in [-0.3, -0.25) is 9.69 Å². The van der Waals surface area contributed by atoms with Crippen molar-refractivity contribution < 1.29 is 17.6 Å². The third-order valence-electron chi connectivity index (χ3n) is 3.71. The summed E-state index contributed by atoms with van der Waals surface area (Å²) in [7, 11) is -0.131. The summed E-state index contributed by atoms with van der Waals surface area (Å²) in [6, 6.07) is 3.59. The van der Waals surface area contributed by atoms with Crippen LogP contribution in [0.1, 0.15) is 12.2 Å². The molecule has 0 aromatic carbocycles. The highest BCUT2D eigenvalue weighted by Crippen LogP contribution is 2.16. The molecule has 1 N–H and O–H groups in total. The second-order valence-corrected chi connectivity index (χ2v) is 7.39. The number of nitrogens with one attached hydrogen (secondary N) is 1. The van der Waals surface area contributed by atoms with Crippen molar-refractivity contribution in [2.75, 3.05) is 33.7 Å². The van der Waals surface area contributed by atoms with Crippen LogP contribution in [0.15, 0.2) is 22.8 Å². The van der Waals surface area contributed by atoms with Gasteiger partial charge in [0.05, 0.1) is 24.6 Å². The third kappa shape index (κ3) is 4.05. The van der Waals surface area contributed by atoms with Gasteiger partial charge in [-0.2, -0.15) is 0 Å². The van der Waals surface area contributed by atoms with Gasteiger partial charge in [0.2, 0.25) is 15.9 Å². The summed E-state index contributed by atoms with van der Waals surface area (Å²) in [6.07, 6.45) is 2.12. The number of hydrogen-bond donors (Lipinski definition) is 1. The molecule has 0 bridgehead atoms. The maximum Gasteiger partial charge on any atom is 0.236 e. The minimum absolute atomic E-state index is 0.0473. The Hall–Kier alpha value is -1.38. The first-order chi connectivity index (χ1) is 9.92. The van der Waals surface area contributed by atoms with Crippen LogP contribution in [0, 0.1) is 0 Å². The monoisotopic (exact) mass is 315 g/mol. The molecular formula is C13H21N3O4S. The molecule has 1 aliphatic heterocycles. The third-order valence-corrected chi connectivity index (χ3v) is 5.54. The summed E-state index contributed by atoms with van der Waals surface area (Å²) in [5.41, 5.74) is 0. The first kappa shape index (κ1) is 16.0. The first-order valence-corrected chi connectivity index (χ1v) is 8.38. The van der Waals surface area contributed by atoms with Crippen molar-refractivity contribution >= 4 is 15.9 Å². The molecule has 2 rings (SSSR count). The Balaban J connectivity index is 1.84. The lowest BCUT2D eigenvalue weighted by molar-refractivity contribution is -0.131. The highest BCUT2D eigenvalue weighted by atomic mass is 32.2. The number of carbonyl (C=O) groups excluding carboxylic acids is 1. The van der Waals surface area contributed by atoms with E-state index < -0.39 is 15.3 Å². The van der Waals surface area contributed by atoms with Gasteiger partial charge < -0.3 is 9.32 Å². The highest BCUT2D eigenvalue weighted by Gasteiger charge is 2.33. The lowest BCUT2D eigenvalue weighted by Crippen LogP contribution is -2.39. The topological polar surface area (TPSA) is 82.9 Å². The molecule has 1 aromatic rings. The fourth-order valence-corrected chi connectivity index (χ4v) is 3.55. The Morgan fingerprint density at radius 3 is 2.95 bits per heavy atom. The van der Waals surface area contributed by atoms with Crippen LogP contribution in [0.2, 0.25) is 0 Å². The van der Waals surface area contributed by atoms with E-state index in [0.717, 1.165) is 5.76 Å². The number of furan rings is 1. The number of amides is 1. The van der Waals surface area contributed by atoms with Crippen LogP contribution in [-0.2, 0) is 21.4 Å². The van der Waals surface area contributed by atoms with Gasteiger partial charge in [-0.15, -0.1) is 0 Å². The fraction of sp³-hybridized carbons (Fsp3) is 0.615. The van der Waals surface area contributed by atoms with Crippen molar-refractivity contribution in [1.82, 2.24) is 14.5 Å². The zero-order valence-electron chi connectivity index (χ0n) is 12.3. The molecule has 0 spiro atoms. The molecule has 0 saturated carbocycles. The average molecular weight is 315 g/mol. The normalized spacial score (nSPS) is 19.8. The smallest absolute Gasteiger partial charge is 0.236 e. The number of nitrogens with zero attached hydrogens (tertiary/aromatic N) is 2. The number of carbonyl (C=O) groups is 1. The van der Waals surface area contributed by atoms with Crippen molar-refractivity contribution in [2.45, 2.75) is 18.2 Å². The van der Waals surface area contributed by atoms with Gasteiger partial charge in [0.25, 0.3) is 0 Å². The van der Waals surface area contributed by atoms with E-state index in [1.807, 2.05) is 11.0 Å². The second kappa shape index (κ2) is 6.59. The molecule has 21 heavy (non-hydrogen) atoms. The predicted octanol–water partition coefficient (Wildman–Crippen LogP) is -0.138. The molecular weight excluding hydrogens is 294 g/mol. The fourth-order valence-electron chi connectivity index (χ4n) is 2.40. The Bertz CT molecular complexity index is 570. The quantitative estimate of drug-likeness (QED) is 0.790. The minimum atomic E-state index is -3.26. The van der Waals surface area contributed by atoms with Crippen LogP contribution in [0.3, 0.4) is 0 Å². The molecule has 1 unspecified atom stereocenters. The molecule has 1 aromatic heterocycles. The van der Waals surface area contributed by atoms with Gasteiger partial charge in [0.15, 0.2) is 0 Å². The summed E-state index contributed by atoms with van der Waals surface area (Å²) in [6.45, 7) is 1.65. The van der Waals surface area contributed by atoms with Crippen LogP contribution < -0.4 is 4.72 Å². The molecule has 2 heterocycles. The van der Waals surface area contributed by atoms with Gasteiger partial charge >= 0.3 is 0 Å². The molecule has 1 saturated heterocycles. The van der Waals surface area contributed by atoms with E-state index in [4.69, 9.17) is 4.42 Å². The van der Waals surface area contributed by atoms with Crippen molar-refractivity contribution in [3.8, 4) is 0 Å². The van der Waals surface area contributed by atoms with Crippen LogP contribution >= 0.6 is 0 Å². The van der Waals surface area contributed by atoms with Gasteiger partial charge in [0.1, 0.15) is 5.76 Å². The minimum Gasteiger partial charge on any atom is -0.467 e. The van der Waals surface area contributed by atoms with Crippen molar-refractivity contribution in [3.63, 3.8) is 0 Å². The number of rotatable bonds is 6. The lowest BCUT2D eigenvalue weighted by Gasteiger charge is -2.20. The van der Waals surface area contributed by atoms with Crippen molar-refractivity contribution in [2.24, 2.45) is 0 Å². The van der Waals surface area contributed by atoms with E-state index in [-0.39, 0.29) is 12.5 Å². The summed E-state index contributed by atoms with van der Waals surface area (Å²) in [4.78, 5) is 15.6. The van der Waals surface area contributed by atoms with E-state index in [0.29, 0.717) is 26.1 Å². The zero-order valence-corrected chi connectivity index (χ0v) is 13.1. The van der Waals surface area contributed by atoms with Crippen molar-refractivity contribution in [1.29, 1.82) is 0 Å². The van der Waals surface area contributed by atoms with Gasteiger partial charge in [0, 0.05) is 20.1 Å². The number of sulfonamides is 1. The maximum absolute atomic E-state index is 12.1. The molecule has 0 radical (unpaired) electrons. The van der Waals surface area contributed by atoms with Gasteiger partial charge in [-0.1, -0.05) is 0 Å². The molecule has 118 valence electrons. The van der Waals surface area contributed by atoms with E-state index in [1.54, 1.807) is 24.3 Å². The Kier molecular flexibility index (Phi) is 5.02. The summed E-state index contributed by atoms with van der Waals surface area (Å²) < 4.78 is 31.0. The molecule has 1 atom stereocenters. The second-order valence-electron chi connectivity index (χ2n) is 5.22. The number of hydrogen-bond acceptors (Lipinski definition) is 5. The van der Waals surface area contributed by atoms with Gasteiger partial charge in [-0.25, -0.2) is 13.1 Å². The predicted molar refractivity (Wildman–Crippen MR) is 78.0 cm³/mol. The summed E-state index contributed by atoms with van der Waals surface area (Å²) in [5, 5.41) is -0.439. The molecule has 0 aliphatic carbocycles. The van der Waals surface area contributed by atoms with E-state index in [9.17, 15) is 13.2 Å². The maximum atomic E-state index is 12.1. The average Bonchev–Trinajstić information content (AvgIpc) is 3.10. The van der Waals surface area contributed by atoms with Crippen LogP contribution in [0.25, 0.3) is 0 Å². The molecule has 1 aliphatic rings. The standard InChI is InChI=1S/C13H21N3O4S/c1-14-21(18,19)12-5-6-16(9-12)10-13(17)15(2)8-11-4-3-7-20-11/h3-4,7,12,14H,5-6,8-10H2,1-2H3. The Morgan fingerprint density at radius 1 is 1.57 bits per heavy atom. The summed E-state index contributed by atoms with van der Waals surface area (Å²) >= 11 is 0. The van der Waals surface area contributed by atoms with Crippen molar-refractivity contribution in [3.05, 3.63) is 24.2 Å². The Labute approximate surface area is 124 Å². The van der Waals surface area contributed by atoms with Crippen LogP contribution in [0.4, 0.5) is 0 Å². The number of likely N-dealkylation sites (tertiary alicyclic amines) is 1. The van der Waals surface area contributed by atoms with Crippen LogP contribution in [-0.4, -0.2) is 63.1 Å². The number of likely N-dealkylation sites (N-methyl/N-ethyl adjacent to an activating group) is 1. The highest BCUT2D eigenvalue weighted by molar-refractivity contribution is 7.90. The van der Waals surface area contributed by atoms with E-state index >= 15 is 0 Å². The SMILES string of the molecule is CNS(=O)(=O)C1CCN(CC(=O)N(C)Cc2ccco2)C1. The van der Waals surface area contributed by atoms with Crippen LogP contribution in [0.5, 0.6) is 0 Å². The molecule has 8 heteroatoms. The largest absolute Gasteiger partial charge is 0.467 e. The molecule has 1 amide bonds. The lowest BCUT2D eigenvalue weighted by atomic mass is 10.4. The van der Waals surface area contributed by atoms with Gasteiger partial charge in [-0.05, 0) is 25.6 Å². The Morgan fingerprint density at radius 2 is 2.33 bits per heavy atom. The van der Waals surface area contributed by atoms with E-state index in [2.05, 4.69) is 4.72 Å². The first-order valence-electron chi connectivity index (χ1n) is 6.83.